The van der Waals surface area contributed by atoms with Gasteiger partial charge in [0.1, 0.15) is 0 Å². The number of hydrogen-bond acceptors (Lipinski definition) is 4. The molecule has 25 heavy (non-hydrogen) atoms. The SMILES string of the molecule is CN=C(NCCN1CCc2sccc2C1)N1CCN(C(C)=O)CC1.I. The molecule has 0 spiro atoms. The Morgan fingerprint density at radius 1 is 1.24 bits per heavy atom. The number of hydrogen-bond donors (Lipinski definition) is 1. The van der Waals surface area contributed by atoms with E-state index in [1.807, 2.05) is 23.3 Å². The summed E-state index contributed by atoms with van der Waals surface area (Å²) in [5.41, 5.74) is 1.50. The monoisotopic (exact) mass is 477 g/mol. The van der Waals surface area contributed by atoms with Crippen LogP contribution in [-0.4, -0.2) is 79.4 Å². The topological polar surface area (TPSA) is 51.2 Å². The number of fused-ring (bicyclic) bond motifs is 1. The summed E-state index contributed by atoms with van der Waals surface area (Å²) in [7, 11) is 1.83. The van der Waals surface area contributed by atoms with Crippen LogP contribution in [0.3, 0.4) is 0 Å². The summed E-state index contributed by atoms with van der Waals surface area (Å²) < 4.78 is 0. The molecule has 8 heteroatoms. The second kappa shape index (κ2) is 9.72. The normalized spacial score (nSPS) is 18.6. The molecule has 1 fully saturated rings. The fraction of sp³-hybridized carbons (Fsp3) is 0.647. The van der Waals surface area contributed by atoms with Gasteiger partial charge in [0, 0.05) is 71.2 Å². The minimum Gasteiger partial charge on any atom is -0.355 e. The second-order valence-electron chi connectivity index (χ2n) is 6.36. The third-order valence-electron chi connectivity index (χ3n) is 4.83. The fourth-order valence-corrected chi connectivity index (χ4v) is 4.28. The number of guanidine groups is 1. The average molecular weight is 477 g/mol. The highest BCUT2D eigenvalue weighted by molar-refractivity contribution is 14.0. The second-order valence-corrected chi connectivity index (χ2v) is 7.36. The smallest absolute Gasteiger partial charge is 0.219 e. The number of rotatable bonds is 3. The minimum atomic E-state index is 0. The molecule has 140 valence electrons. The van der Waals surface area contributed by atoms with Crippen LogP contribution in [0.5, 0.6) is 0 Å². The molecule has 1 aromatic rings. The van der Waals surface area contributed by atoms with E-state index in [0.29, 0.717) is 0 Å². The molecule has 0 aromatic carbocycles. The Morgan fingerprint density at radius 2 is 1.96 bits per heavy atom. The van der Waals surface area contributed by atoms with Gasteiger partial charge in [0.05, 0.1) is 0 Å². The lowest BCUT2D eigenvalue weighted by molar-refractivity contribution is -0.130. The van der Waals surface area contributed by atoms with Crippen LogP contribution in [0.2, 0.25) is 0 Å². The molecule has 0 radical (unpaired) electrons. The van der Waals surface area contributed by atoms with Gasteiger partial charge in [0.2, 0.25) is 5.91 Å². The molecule has 2 aliphatic heterocycles. The molecule has 1 amide bonds. The molecule has 1 aromatic heterocycles. The molecular weight excluding hydrogens is 449 g/mol. The molecule has 0 bridgehead atoms. The quantitative estimate of drug-likeness (QED) is 0.407. The van der Waals surface area contributed by atoms with E-state index in [1.54, 1.807) is 11.8 Å². The van der Waals surface area contributed by atoms with E-state index in [1.165, 1.54) is 12.0 Å². The van der Waals surface area contributed by atoms with Gasteiger partial charge in [-0.25, -0.2) is 0 Å². The van der Waals surface area contributed by atoms with Gasteiger partial charge < -0.3 is 15.1 Å². The van der Waals surface area contributed by atoms with Crippen LogP contribution in [-0.2, 0) is 17.8 Å². The molecule has 0 saturated carbocycles. The number of carbonyl (C=O) groups is 1. The molecule has 3 heterocycles. The lowest BCUT2D eigenvalue weighted by Crippen LogP contribution is -2.54. The molecule has 2 aliphatic rings. The summed E-state index contributed by atoms with van der Waals surface area (Å²) in [4.78, 5) is 24.0. The van der Waals surface area contributed by atoms with Crippen molar-refractivity contribution in [1.82, 2.24) is 20.0 Å². The van der Waals surface area contributed by atoms with Crippen LogP contribution in [0.1, 0.15) is 17.4 Å². The van der Waals surface area contributed by atoms with E-state index in [-0.39, 0.29) is 29.9 Å². The Balaban J connectivity index is 0.00000225. The van der Waals surface area contributed by atoms with Crippen molar-refractivity contribution in [2.45, 2.75) is 19.9 Å². The number of thiophene rings is 1. The lowest BCUT2D eigenvalue weighted by Gasteiger charge is -2.36. The van der Waals surface area contributed by atoms with Crippen LogP contribution in [0.15, 0.2) is 16.4 Å². The van der Waals surface area contributed by atoms with Crippen LogP contribution >= 0.6 is 35.3 Å². The predicted octanol–water partition coefficient (Wildman–Crippen LogP) is 1.46. The first-order valence-corrected chi connectivity index (χ1v) is 9.54. The van der Waals surface area contributed by atoms with Crippen LogP contribution < -0.4 is 5.32 Å². The Kier molecular flexibility index (Phi) is 7.95. The first kappa shape index (κ1) is 20.4. The van der Waals surface area contributed by atoms with Crippen molar-refractivity contribution in [1.29, 1.82) is 0 Å². The zero-order chi connectivity index (χ0) is 16.9. The summed E-state index contributed by atoms with van der Waals surface area (Å²) in [6, 6.07) is 2.26. The highest BCUT2D eigenvalue weighted by Crippen LogP contribution is 2.23. The Bertz CT molecular complexity index is 598. The molecule has 3 rings (SSSR count). The number of aliphatic imine (C=N–C) groups is 1. The predicted molar refractivity (Wildman–Crippen MR) is 114 cm³/mol. The lowest BCUT2D eigenvalue weighted by atomic mass is 10.1. The highest BCUT2D eigenvalue weighted by atomic mass is 127. The summed E-state index contributed by atoms with van der Waals surface area (Å²) in [5, 5.41) is 5.69. The van der Waals surface area contributed by atoms with Gasteiger partial charge >= 0.3 is 0 Å². The largest absolute Gasteiger partial charge is 0.355 e. The van der Waals surface area contributed by atoms with E-state index in [0.717, 1.165) is 58.3 Å². The Hall–Kier alpha value is -0.870. The zero-order valence-corrected chi connectivity index (χ0v) is 18.2. The van der Waals surface area contributed by atoms with Crippen molar-refractivity contribution in [3.05, 3.63) is 21.9 Å². The number of halogens is 1. The van der Waals surface area contributed by atoms with Gasteiger partial charge in [0.15, 0.2) is 5.96 Å². The average Bonchev–Trinajstić information content (AvgIpc) is 3.06. The van der Waals surface area contributed by atoms with Gasteiger partial charge in [0.25, 0.3) is 0 Å². The van der Waals surface area contributed by atoms with Gasteiger partial charge in [-0.1, -0.05) is 0 Å². The Labute approximate surface area is 171 Å². The highest BCUT2D eigenvalue weighted by Gasteiger charge is 2.21. The van der Waals surface area contributed by atoms with Crippen LogP contribution in [0.25, 0.3) is 0 Å². The first-order chi connectivity index (χ1) is 11.7. The summed E-state index contributed by atoms with van der Waals surface area (Å²) >= 11 is 1.88. The Morgan fingerprint density at radius 3 is 2.64 bits per heavy atom. The number of nitrogens with zero attached hydrogens (tertiary/aromatic N) is 4. The van der Waals surface area contributed by atoms with Crippen molar-refractivity contribution in [2.75, 3.05) is 52.9 Å². The molecule has 6 nitrogen and oxygen atoms in total. The van der Waals surface area contributed by atoms with Crippen molar-refractivity contribution in [2.24, 2.45) is 4.99 Å². The van der Waals surface area contributed by atoms with E-state index >= 15 is 0 Å². The van der Waals surface area contributed by atoms with Crippen LogP contribution in [0, 0.1) is 0 Å². The van der Waals surface area contributed by atoms with E-state index in [2.05, 4.69) is 31.6 Å². The van der Waals surface area contributed by atoms with Gasteiger partial charge in [-0.05, 0) is 23.4 Å². The maximum Gasteiger partial charge on any atom is 0.219 e. The zero-order valence-electron chi connectivity index (χ0n) is 15.0. The molecule has 1 N–H and O–H groups in total. The van der Waals surface area contributed by atoms with Crippen molar-refractivity contribution in [3.8, 4) is 0 Å². The molecular formula is C17H28IN5OS. The summed E-state index contributed by atoms with van der Waals surface area (Å²) in [6.45, 7) is 9.04. The van der Waals surface area contributed by atoms with Crippen molar-refractivity contribution in [3.63, 3.8) is 0 Å². The molecule has 0 atom stereocenters. The summed E-state index contributed by atoms with van der Waals surface area (Å²) in [5.74, 6) is 1.11. The third kappa shape index (κ3) is 5.30. The molecule has 1 saturated heterocycles. The third-order valence-corrected chi connectivity index (χ3v) is 5.86. The van der Waals surface area contributed by atoms with Crippen molar-refractivity contribution >= 4 is 47.2 Å². The maximum atomic E-state index is 11.4. The number of carbonyl (C=O) groups excluding carboxylic acids is 1. The number of nitrogens with one attached hydrogen (secondary N) is 1. The van der Waals surface area contributed by atoms with E-state index in [4.69, 9.17) is 0 Å². The molecule has 0 unspecified atom stereocenters. The van der Waals surface area contributed by atoms with Crippen molar-refractivity contribution < 1.29 is 4.79 Å². The fourth-order valence-electron chi connectivity index (χ4n) is 3.39. The van der Waals surface area contributed by atoms with Crippen LogP contribution in [0.4, 0.5) is 0 Å². The van der Waals surface area contributed by atoms with Gasteiger partial charge in [-0.3, -0.25) is 14.7 Å². The number of piperazine rings is 1. The minimum absolute atomic E-state index is 0. The summed E-state index contributed by atoms with van der Waals surface area (Å²) in [6.07, 6.45) is 1.18. The van der Waals surface area contributed by atoms with E-state index in [9.17, 15) is 4.79 Å². The van der Waals surface area contributed by atoms with Gasteiger partial charge in [-0.2, -0.15) is 0 Å². The maximum absolute atomic E-state index is 11.4. The number of amides is 1. The first-order valence-electron chi connectivity index (χ1n) is 8.66. The van der Waals surface area contributed by atoms with Gasteiger partial charge in [-0.15, -0.1) is 35.3 Å². The molecule has 0 aliphatic carbocycles. The van der Waals surface area contributed by atoms with E-state index < -0.39 is 0 Å². The standard InChI is InChI=1S/C17H27N5OS.HI/c1-14(23)21-8-10-22(11-9-21)17(18-2)19-5-7-20-6-3-16-15(13-20)4-12-24-16;/h4,12H,3,5-11,13H2,1-2H3,(H,18,19);1H.